The number of aromatic carboxylic acids is 1. The molecular weight excluding hydrogens is 302 g/mol. The summed E-state index contributed by atoms with van der Waals surface area (Å²) in [6, 6.07) is 3.72. The lowest BCUT2D eigenvalue weighted by atomic mass is 10.2. The zero-order valence-electron chi connectivity index (χ0n) is 11.0. The van der Waals surface area contributed by atoms with Crippen LogP contribution in [0.4, 0.5) is 0 Å². The van der Waals surface area contributed by atoms with Crippen LogP contribution in [0.25, 0.3) is 0 Å². The third-order valence-corrected chi connectivity index (χ3v) is 5.91. The van der Waals surface area contributed by atoms with Crippen LogP contribution in [-0.2, 0) is 10.0 Å². The van der Waals surface area contributed by atoms with Crippen molar-refractivity contribution in [3.63, 3.8) is 0 Å². The fourth-order valence-electron chi connectivity index (χ4n) is 2.46. The molecule has 0 aromatic heterocycles. The van der Waals surface area contributed by atoms with Crippen molar-refractivity contribution in [1.29, 1.82) is 0 Å². The second-order valence-corrected chi connectivity index (χ2v) is 7.31. The Morgan fingerprint density at radius 3 is 2.45 bits per heavy atom. The molecule has 1 saturated carbocycles. The van der Waals surface area contributed by atoms with Crippen LogP contribution >= 0.6 is 11.6 Å². The van der Waals surface area contributed by atoms with Crippen LogP contribution < -0.4 is 0 Å². The monoisotopic (exact) mass is 317 g/mol. The number of benzene rings is 1. The van der Waals surface area contributed by atoms with E-state index in [4.69, 9.17) is 16.7 Å². The van der Waals surface area contributed by atoms with E-state index in [2.05, 4.69) is 0 Å². The molecule has 0 heterocycles. The molecule has 5 nitrogen and oxygen atoms in total. The van der Waals surface area contributed by atoms with Gasteiger partial charge in [0.1, 0.15) is 0 Å². The number of carbonyl (C=O) groups is 1. The zero-order valence-corrected chi connectivity index (χ0v) is 12.6. The lowest BCUT2D eigenvalue weighted by molar-refractivity contribution is 0.0697. The summed E-state index contributed by atoms with van der Waals surface area (Å²) >= 11 is 5.83. The number of rotatable bonds is 4. The first kappa shape index (κ1) is 15.3. The first-order chi connectivity index (χ1) is 9.34. The van der Waals surface area contributed by atoms with Crippen LogP contribution in [0.1, 0.15) is 36.0 Å². The molecule has 1 fully saturated rings. The SMILES string of the molecule is CN(C1CCCC1)S(=O)(=O)c1ccc(C(=O)O)c(Cl)c1. The zero-order chi connectivity index (χ0) is 14.9. The van der Waals surface area contributed by atoms with Gasteiger partial charge in [-0.25, -0.2) is 13.2 Å². The fraction of sp³-hybridized carbons (Fsp3) is 0.462. The number of nitrogens with zero attached hydrogens (tertiary/aromatic N) is 1. The van der Waals surface area contributed by atoms with Gasteiger partial charge in [-0.2, -0.15) is 4.31 Å². The minimum atomic E-state index is -3.63. The summed E-state index contributed by atoms with van der Waals surface area (Å²) in [6.45, 7) is 0. The first-order valence-corrected chi connectivity index (χ1v) is 8.16. The van der Waals surface area contributed by atoms with Crippen LogP contribution in [0.5, 0.6) is 0 Å². The summed E-state index contributed by atoms with van der Waals surface area (Å²) in [5.74, 6) is -1.18. The molecule has 1 aliphatic carbocycles. The molecule has 0 amide bonds. The molecule has 2 rings (SSSR count). The topological polar surface area (TPSA) is 74.7 Å². The van der Waals surface area contributed by atoms with Gasteiger partial charge in [-0.05, 0) is 31.0 Å². The van der Waals surface area contributed by atoms with Crippen LogP contribution in [-0.4, -0.2) is 36.9 Å². The number of sulfonamides is 1. The predicted octanol–water partition coefficient (Wildman–Crippen LogP) is 2.60. The average Bonchev–Trinajstić information content (AvgIpc) is 2.90. The lowest BCUT2D eigenvalue weighted by Crippen LogP contribution is -2.35. The molecule has 1 aromatic carbocycles. The molecule has 0 unspecified atom stereocenters. The molecule has 0 atom stereocenters. The van der Waals surface area contributed by atoms with Crippen LogP contribution in [0.2, 0.25) is 5.02 Å². The molecule has 0 bridgehead atoms. The maximum absolute atomic E-state index is 12.5. The van der Waals surface area contributed by atoms with Crippen LogP contribution in [0.3, 0.4) is 0 Å². The van der Waals surface area contributed by atoms with Gasteiger partial charge in [-0.1, -0.05) is 24.4 Å². The van der Waals surface area contributed by atoms with Gasteiger partial charge in [0.2, 0.25) is 10.0 Å². The standard InChI is InChI=1S/C13H16ClNO4S/c1-15(9-4-2-3-5-9)20(18,19)10-6-7-11(13(16)17)12(14)8-10/h6-9H,2-5H2,1H3,(H,16,17). The largest absolute Gasteiger partial charge is 0.478 e. The van der Waals surface area contributed by atoms with Crippen LogP contribution in [0.15, 0.2) is 23.1 Å². The Morgan fingerprint density at radius 2 is 1.95 bits per heavy atom. The Morgan fingerprint density at radius 1 is 1.35 bits per heavy atom. The number of carboxylic acid groups (broad SMARTS) is 1. The minimum absolute atomic E-state index is 0.0120. The molecule has 20 heavy (non-hydrogen) atoms. The highest BCUT2D eigenvalue weighted by Crippen LogP contribution is 2.29. The van der Waals surface area contributed by atoms with Crippen molar-refractivity contribution < 1.29 is 18.3 Å². The number of halogens is 1. The predicted molar refractivity (Wildman–Crippen MR) is 75.6 cm³/mol. The summed E-state index contributed by atoms with van der Waals surface area (Å²) in [5.41, 5.74) is -0.103. The summed E-state index contributed by atoms with van der Waals surface area (Å²) < 4.78 is 26.3. The Hall–Kier alpha value is -1.11. The molecule has 0 radical (unpaired) electrons. The molecule has 1 N–H and O–H groups in total. The normalized spacial score (nSPS) is 16.8. The third kappa shape index (κ3) is 2.82. The Bertz CT molecular complexity index is 623. The van der Waals surface area contributed by atoms with E-state index in [9.17, 15) is 13.2 Å². The van der Waals surface area contributed by atoms with E-state index in [1.54, 1.807) is 7.05 Å². The molecule has 1 aromatic rings. The quantitative estimate of drug-likeness (QED) is 0.926. The molecule has 0 saturated heterocycles. The van der Waals surface area contributed by atoms with Crippen LogP contribution in [0, 0.1) is 0 Å². The van der Waals surface area contributed by atoms with Crippen molar-refractivity contribution in [3.8, 4) is 0 Å². The third-order valence-electron chi connectivity index (χ3n) is 3.69. The highest BCUT2D eigenvalue weighted by atomic mass is 35.5. The van der Waals surface area contributed by atoms with E-state index in [1.807, 2.05) is 0 Å². The van der Waals surface area contributed by atoms with Gasteiger partial charge in [0.15, 0.2) is 0 Å². The highest BCUT2D eigenvalue weighted by molar-refractivity contribution is 7.89. The maximum atomic E-state index is 12.5. The van der Waals surface area contributed by atoms with Crippen molar-refractivity contribution in [2.45, 2.75) is 36.6 Å². The molecule has 7 heteroatoms. The van der Waals surface area contributed by atoms with Crippen molar-refractivity contribution in [3.05, 3.63) is 28.8 Å². The van der Waals surface area contributed by atoms with E-state index in [-0.39, 0.29) is 21.5 Å². The van der Waals surface area contributed by atoms with Gasteiger partial charge < -0.3 is 5.11 Å². The summed E-state index contributed by atoms with van der Waals surface area (Å²) in [7, 11) is -2.07. The van der Waals surface area contributed by atoms with Gasteiger partial charge in [-0.15, -0.1) is 0 Å². The summed E-state index contributed by atoms with van der Waals surface area (Å²) in [6.07, 6.45) is 3.78. The van der Waals surface area contributed by atoms with Gasteiger partial charge in [0, 0.05) is 13.1 Å². The molecule has 110 valence electrons. The summed E-state index contributed by atoms with van der Waals surface area (Å²) in [5, 5.41) is 8.83. The van der Waals surface area contributed by atoms with Crippen molar-refractivity contribution in [2.24, 2.45) is 0 Å². The van der Waals surface area contributed by atoms with Crippen molar-refractivity contribution in [1.82, 2.24) is 4.31 Å². The van der Waals surface area contributed by atoms with Gasteiger partial charge in [-0.3, -0.25) is 0 Å². The average molecular weight is 318 g/mol. The molecule has 0 aliphatic heterocycles. The molecule has 1 aliphatic rings. The molecular formula is C13H16ClNO4S. The number of hydrogen-bond acceptors (Lipinski definition) is 3. The van der Waals surface area contributed by atoms with E-state index in [0.29, 0.717) is 0 Å². The van der Waals surface area contributed by atoms with Crippen molar-refractivity contribution >= 4 is 27.6 Å². The van der Waals surface area contributed by atoms with E-state index < -0.39 is 16.0 Å². The summed E-state index contributed by atoms with van der Waals surface area (Å²) in [4.78, 5) is 10.9. The molecule has 0 spiro atoms. The Labute approximate surface area is 123 Å². The lowest BCUT2D eigenvalue weighted by Gasteiger charge is -2.23. The van der Waals surface area contributed by atoms with Crippen molar-refractivity contribution in [2.75, 3.05) is 7.05 Å². The smallest absolute Gasteiger partial charge is 0.337 e. The number of carboxylic acids is 1. The van der Waals surface area contributed by atoms with E-state index in [0.717, 1.165) is 25.7 Å². The van der Waals surface area contributed by atoms with Gasteiger partial charge >= 0.3 is 5.97 Å². The minimum Gasteiger partial charge on any atom is -0.478 e. The second-order valence-electron chi connectivity index (χ2n) is 4.91. The number of hydrogen-bond donors (Lipinski definition) is 1. The van der Waals surface area contributed by atoms with Gasteiger partial charge in [0.05, 0.1) is 15.5 Å². The second kappa shape index (κ2) is 5.71. The first-order valence-electron chi connectivity index (χ1n) is 6.35. The Kier molecular flexibility index (Phi) is 4.36. The van der Waals surface area contributed by atoms with Gasteiger partial charge in [0.25, 0.3) is 0 Å². The van der Waals surface area contributed by atoms with E-state index in [1.165, 1.54) is 22.5 Å². The fourth-order valence-corrected chi connectivity index (χ4v) is 4.23. The van der Waals surface area contributed by atoms with E-state index >= 15 is 0 Å². The highest BCUT2D eigenvalue weighted by Gasteiger charge is 2.30. The maximum Gasteiger partial charge on any atom is 0.337 e. The Balaban J connectivity index is 2.34.